The van der Waals surface area contributed by atoms with Gasteiger partial charge in [-0.3, -0.25) is 4.79 Å². The molecule has 0 saturated carbocycles. The Balaban J connectivity index is 2.32. The first-order chi connectivity index (χ1) is 11.2. The smallest absolute Gasteiger partial charge is 0.410 e. The molecule has 138 valence electrons. The van der Waals surface area contributed by atoms with Gasteiger partial charge in [0, 0.05) is 19.6 Å². The number of hydrogen-bond acceptors (Lipinski definition) is 4. The summed E-state index contributed by atoms with van der Waals surface area (Å²) in [4.78, 5) is 25.8. The highest BCUT2D eigenvalue weighted by atomic mass is 16.6. The van der Waals surface area contributed by atoms with Crippen LogP contribution in [0.3, 0.4) is 0 Å². The first-order valence-electron chi connectivity index (χ1n) is 8.71. The van der Waals surface area contributed by atoms with E-state index in [9.17, 15) is 9.59 Å². The minimum atomic E-state index is -0.479. The topological polar surface area (TPSA) is 67.9 Å². The van der Waals surface area contributed by atoms with E-state index in [0.717, 1.165) is 25.8 Å². The minimum Gasteiger partial charge on any atom is -0.444 e. The summed E-state index contributed by atoms with van der Waals surface area (Å²) in [5, 5.41) is 2.89. The van der Waals surface area contributed by atoms with E-state index in [-0.39, 0.29) is 12.0 Å². The molecule has 24 heavy (non-hydrogen) atoms. The molecule has 1 aliphatic heterocycles. The Bertz CT molecular complexity index is 431. The van der Waals surface area contributed by atoms with E-state index in [2.05, 4.69) is 11.9 Å². The summed E-state index contributed by atoms with van der Waals surface area (Å²) in [6.07, 6.45) is 3.78. The molecule has 1 aliphatic rings. The molecule has 1 N–H and O–H groups in total. The summed E-state index contributed by atoms with van der Waals surface area (Å²) in [6.45, 7) is 13.3. The van der Waals surface area contributed by atoms with Crippen molar-refractivity contribution in [2.45, 2.75) is 58.7 Å². The molecule has 0 aromatic carbocycles. The van der Waals surface area contributed by atoms with Crippen LogP contribution in [0.1, 0.15) is 47.0 Å². The van der Waals surface area contributed by atoms with Gasteiger partial charge >= 0.3 is 6.09 Å². The Hall–Kier alpha value is -1.56. The van der Waals surface area contributed by atoms with Gasteiger partial charge in [0.25, 0.3) is 0 Å². The van der Waals surface area contributed by atoms with Crippen molar-refractivity contribution < 1.29 is 19.1 Å². The SMILES string of the molecule is C=CCOC(C)C(=O)NCCC1CCCN(C(=O)OC(C)(C)C)C1. The molecule has 0 radical (unpaired) electrons. The van der Waals surface area contributed by atoms with Crippen molar-refractivity contribution in [2.24, 2.45) is 5.92 Å². The van der Waals surface area contributed by atoms with Gasteiger partial charge in [-0.05, 0) is 52.9 Å². The van der Waals surface area contributed by atoms with Gasteiger partial charge in [-0.1, -0.05) is 6.08 Å². The number of rotatable bonds is 7. The lowest BCUT2D eigenvalue weighted by molar-refractivity contribution is -0.131. The standard InChI is InChI=1S/C18H32N2O4/c1-6-12-23-14(2)16(21)19-10-9-15-8-7-11-20(13-15)17(22)24-18(3,4)5/h6,14-15H,1,7-13H2,2-5H3,(H,19,21). The van der Waals surface area contributed by atoms with Crippen LogP contribution in [0.5, 0.6) is 0 Å². The van der Waals surface area contributed by atoms with Gasteiger partial charge in [0.15, 0.2) is 0 Å². The second-order valence-corrected chi connectivity index (χ2v) is 7.28. The zero-order valence-corrected chi connectivity index (χ0v) is 15.5. The molecule has 1 saturated heterocycles. The Morgan fingerprint density at radius 3 is 2.75 bits per heavy atom. The summed E-state index contributed by atoms with van der Waals surface area (Å²) in [7, 11) is 0. The number of nitrogens with zero attached hydrogens (tertiary/aromatic N) is 1. The van der Waals surface area contributed by atoms with E-state index in [4.69, 9.17) is 9.47 Å². The third-order valence-electron chi connectivity index (χ3n) is 3.86. The largest absolute Gasteiger partial charge is 0.444 e. The molecule has 2 amide bonds. The highest BCUT2D eigenvalue weighted by Gasteiger charge is 2.27. The Morgan fingerprint density at radius 2 is 2.12 bits per heavy atom. The average Bonchev–Trinajstić information content (AvgIpc) is 2.51. The summed E-state index contributed by atoms with van der Waals surface area (Å²) in [5.74, 6) is 0.271. The van der Waals surface area contributed by atoms with Crippen LogP contribution in [0.2, 0.25) is 0 Å². The van der Waals surface area contributed by atoms with E-state index in [1.807, 2.05) is 20.8 Å². The predicted molar refractivity (Wildman–Crippen MR) is 93.8 cm³/mol. The lowest BCUT2D eigenvalue weighted by atomic mass is 9.95. The summed E-state index contributed by atoms with van der Waals surface area (Å²) in [6, 6.07) is 0. The number of ether oxygens (including phenoxy) is 2. The molecule has 0 spiro atoms. The zero-order valence-electron chi connectivity index (χ0n) is 15.5. The molecule has 2 atom stereocenters. The van der Waals surface area contributed by atoms with Crippen LogP contribution >= 0.6 is 0 Å². The van der Waals surface area contributed by atoms with Crippen LogP contribution in [0, 0.1) is 5.92 Å². The molecule has 1 rings (SSSR count). The molecule has 0 aliphatic carbocycles. The maximum absolute atomic E-state index is 12.1. The second kappa shape index (κ2) is 9.67. The molecule has 0 aromatic heterocycles. The molecular formula is C18H32N2O4. The zero-order chi connectivity index (χ0) is 18.2. The van der Waals surface area contributed by atoms with Crippen LogP contribution in [-0.2, 0) is 14.3 Å². The van der Waals surface area contributed by atoms with E-state index >= 15 is 0 Å². The van der Waals surface area contributed by atoms with Crippen LogP contribution in [0.15, 0.2) is 12.7 Å². The Morgan fingerprint density at radius 1 is 1.42 bits per heavy atom. The van der Waals surface area contributed by atoms with Crippen molar-refractivity contribution in [3.8, 4) is 0 Å². The maximum Gasteiger partial charge on any atom is 0.410 e. The number of likely N-dealkylation sites (tertiary alicyclic amines) is 1. The summed E-state index contributed by atoms with van der Waals surface area (Å²) >= 11 is 0. The Labute approximate surface area is 145 Å². The second-order valence-electron chi connectivity index (χ2n) is 7.28. The van der Waals surface area contributed by atoms with Gasteiger partial charge in [-0.15, -0.1) is 6.58 Å². The van der Waals surface area contributed by atoms with Crippen molar-refractivity contribution in [1.29, 1.82) is 0 Å². The van der Waals surface area contributed by atoms with Gasteiger partial charge in [0.05, 0.1) is 6.61 Å². The third-order valence-corrected chi connectivity index (χ3v) is 3.86. The molecule has 1 fully saturated rings. The van der Waals surface area contributed by atoms with Gasteiger partial charge in [-0.2, -0.15) is 0 Å². The van der Waals surface area contributed by atoms with Crippen LogP contribution in [0.4, 0.5) is 4.79 Å². The molecule has 2 unspecified atom stereocenters. The number of carbonyl (C=O) groups excluding carboxylic acids is 2. The van der Waals surface area contributed by atoms with Gasteiger partial charge in [0.2, 0.25) is 5.91 Å². The normalized spacial score (nSPS) is 19.5. The molecule has 0 bridgehead atoms. The van der Waals surface area contributed by atoms with Gasteiger partial charge < -0.3 is 19.7 Å². The summed E-state index contributed by atoms with van der Waals surface area (Å²) < 4.78 is 10.7. The monoisotopic (exact) mass is 340 g/mol. The first-order valence-corrected chi connectivity index (χ1v) is 8.71. The fourth-order valence-corrected chi connectivity index (χ4v) is 2.62. The average molecular weight is 340 g/mol. The van der Waals surface area contributed by atoms with Crippen molar-refractivity contribution in [3.63, 3.8) is 0 Å². The number of amides is 2. The predicted octanol–water partition coefficient (Wildman–Crippen LogP) is 2.73. The highest BCUT2D eigenvalue weighted by Crippen LogP contribution is 2.21. The van der Waals surface area contributed by atoms with E-state index in [1.165, 1.54) is 0 Å². The lowest BCUT2D eigenvalue weighted by Gasteiger charge is -2.34. The fraction of sp³-hybridized carbons (Fsp3) is 0.778. The van der Waals surface area contributed by atoms with Crippen LogP contribution < -0.4 is 5.32 Å². The van der Waals surface area contributed by atoms with Crippen LogP contribution in [-0.4, -0.2) is 54.8 Å². The van der Waals surface area contributed by atoms with Gasteiger partial charge in [-0.25, -0.2) is 4.79 Å². The fourth-order valence-electron chi connectivity index (χ4n) is 2.62. The van der Waals surface area contributed by atoms with Crippen molar-refractivity contribution >= 4 is 12.0 Å². The highest BCUT2D eigenvalue weighted by molar-refractivity contribution is 5.80. The number of nitrogens with one attached hydrogen (secondary N) is 1. The lowest BCUT2D eigenvalue weighted by Crippen LogP contribution is -2.43. The van der Waals surface area contributed by atoms with E-state index in [0.29, 0.717) is 25.6 Å². The molecular weight excluding hydrogens is 308 g/mol. The van der Waals surface area contributed by atoms with Gasteiger partial charge in [0.1, 0.15) is 11.7 Å². The van der Waals surface area contributed by atoms with Crippen molar-refractivity contribution in [3.05, 3.63) is 12.7 Å². The van der Waals surface area contributed by atoms with E-state index in [1.54, 1.807) is 17.9 Å². The Kier molecular flexibility index (Phi) is 8.25. The maximum atomic E-state index is 12.1. The first kappa shape index (κ1) is 20.5. The quantitative estimate of drug-likeness (QED) is 0.724. The minimum absolute atomic E-state index is 0.114. The third kappa shape index (κ3) is 7.81. The molecule has 6 nitrogen and oxygen atoms in total. The van der Waals surface area contributed by atoms with Crippen molar-refractivity contribution in [2.75, 3.05) is 26.2 Å². The molecule has 0 aromatic rings. The number of hydrogen-bond donors (Lipinski definition) is 1. The number of piperidine rings is 1. The molecule has 6 heteroatoms. The van der Waals surface area contributed by atoms with Crippen LogP contribution in [0.25, 0.3) is 0 Å². The number of carbonyl (C=O) groups is 2. The molecule has 1 heterocycles. The van der Waals surface area contributed by atoms with Crippen molar-refractivity contribution in [1.82, 2.24) is 10.2 Å². The van der Waals surface area contributed by atoms with E-state index < -0.39 is 11.7 Å². The summed E-state index contributed by atoms with van der Waals surface area (Å²) in [5.41, 5.74) is -0.473.